The summed E-state index contributed by atoms with van der Waals surface area (Å²) in [4.78, 5) is 7.48. The van der Waals surface area contributed by atoms with Crippen LogP contribution in [0.2, 0.25) is 12.1 Å². The van der Waals surface area contributed by atoms with E-state index in [1.165, 1.54) is 12.1 Å². The predicted octanol–water partition coefficient (Wildman–Crippen LogP) is 4.13. The normalized spacial score (nSPS) is 12.8. The third-order valence-corrected chi connectivity index (χ3v) is 19.7. The number of anilines is 2. The Morgan fingerprint density at radius 1 is 0.475 bits per heavy atom. The van der Waals surface area contributed by atoms with Gasteiger partial charge in [-0.2, -0.15) is 27.1 Å². The maximum atomic E-state index is 13.3. The maximum absolute atomic E-state index is 13.3. The van der Waals surface area contributed by atoms with Gasteiger partial charge in [0.2, 0.25) is 0 Å². The molecule has 0 fully saturated rings. The Bertz CT molecular complexity index is 3090. The summed E-state index contributed by atoms with van der Waals surface area (Å²) in [5, 5.41) is 50.4. The first-order chi connectivity index (χ1) is 37.4. The number of aliphatic imine (C=N–C) groups is 2. The molecule has 0 aliphatic carbocycles. The Labute approximate surface area is 513 Å². The monoisotopic (exact) mass is 1190 g/mol. The molecule has 0 aromatic heterocycles. The Hall–Kier alpha value is -4.41. The van der Waals surface area contributed by atoms with Crippen LogP contribution in [-0.4, -0.2) is 108 Å². The van der Waals surface area contributed by atoms with Crippen LogP contribution >= 0.6 is 0 Å². The van der Waals surface area contributed by atoms with Gasteiger partial charge in [0.05, 0.1) is 34.8 Å². The largest absolute Gasteiger partial charge is 1.00 e. The molecule has 6 rings (SSSR count). The van der Waals surface area contributed by atoms with Gasteiger partial charge in [0.25, 0.3) is 20.2 Å². The Kier molecular flexibility index (Phi) is 27.6. The summed E-state index contributed by atoms with van der Waals surface area (Å²) in [5.41, 5.74) is 2.37. The van der Waals surface area contributed by atoms with Crippen molar-refractivity contribution in [3.63, 3.8) is 0 Å². The van der Waals surface area contributed by atoms with E-state index in [1.807, 2.05) is 41.5 Å². The molecule has 0 unspecified atom stereocenters. The van der Waals surface area contributed by atoms with E-state index in [1.54, 1.807) is 84.9 Å². The minimum Gasteiger partial charge on any atom is -0.846 e. The molecule has 0 bridgehead atoms. The van der Waals surface area contributed by atoms with E-state index in [0.29, 0.717) is 75.9 Å². The zero-order valence-corrected chi connectivity index (χ0v) is 53.8. The van der Waals surface area contributed by atoms with Crippen LogP contribution in [0.5, 0.6) is 0 Å². The summed E-state index contributed by atoms with van der Waals surface area (Å²) in [6.07, 6.45) is 0.863. The number of hydrogen-bond acceptors (Lipinski definition) is 18. The first-order valence-corrected chi connectivity index (χ1v) is 32.1. The minimum absolute atomic E-state index is 0. The van der Waals surface area contributed by atoms with Gasteiger partial charge < -0.3 is 47.4 Å². The number of nitrogens with zero attached hydrogens (tertiary/aromatic N) is 6. The zero-order valence-electron chi connectivity index (χ0n) is 46.2. The Balaban J connectivity index is 0.00000689. The van der Waals surface area contributed by atoms with Gasteiger partial charge in [0, 0.05) is 86.4 Å². The summed E-state index contributed by atoms with van der Waals surface area (Å²) in [6, 6.07) is 28.1. The van der Waals surface area contributed by atoms with Crippen LogP contribution in [0.4, 0.5) is 34.1 Å². The first kappa shape index (κ1) is 68.1. The van der Waals surface area contributed by atoms with Gasteiger partial charge in [-0.3, -0.25) is 19.1 Å². The van der Waals surface area contributed by atoms with Crippen LogP contribution in [0.3, 0.4) is 0 Å². The van der Waals surface area contributed by atoms with E-state index >= 15 is 0 Å². The van der Waals surface area contributed by atoms with Gasteiger partial charge >= 0.3 is 76.7 Å². The molecular formula is C52H64N8Na2O14S2Si2. The third kappa shape index (κ3) is 18.8. The maximum Gasteiger partial charge on any atom is 1.00 e. The molecule has 0 spiro atoms. The summed E-state index contributed by atoms with van der Waals surface area (Å²) in [6.45, 7) is 13.8. The fraction of sp³-hybridized carbons (Fsp3) is 0.346. The fourth-order valence-electron chi connectivity index (χ4n) is 8.42. The zero-order chi connectivity index (χ0) is 56.4. The molecule has 0 saturated carbocycles. The predicted molar refractivity (Wildman–Crippen MR) is 300 cm³/mol. The molecule has 28 heteroatoms. The van der Waals surface area contributed by atoms with Crippen molar-refractivity contribution in [2.24, 2.45) is 30.4 Å². The second-order valence-corrected chi connectivity index (χ2v) is 25.1. The van der Waals surface area contributed by atoms with E-state index in [9.17, 15) is 36.2 Å². The summed E-state index contributed by atoms with van der Waals surface area (Å²) in [5.74, 6) is 0. The average molecular weight is 1190 g/mol. The van der Waals surface area contributed by atoms with E-state index in [2.05, 4.69) is 41.1 Å². The summed E-state index contributed by atoms with van der Waals surface area (Å²) >= 11 is 0. The van der Waals surface area contributed by atoms with Gasteiger partial charge in [-0.25, -0.2) is 0 Å². The number of azo groups is 2. The molecule has 418 valence electrons. The van der Waals surface area contributed by atoms with Gasteiger partial charge in [-0.05, 0) is 102 Å². The molecule has 22 nitrogen and oxygen atoms in total. The molecule has 0 atom stereocenters. The molecule has 4 N–H and O–H groups in total. The molecule has 6 aromatic carbocycles. The topological polar surface area (TPSA) is 308 Å². The van der Waals surface area contributed by atoms with Crippen LogP contribution in [0, 0.1) is 0 Å². The number of benzene rings is 6. The molecule has 0 saturated heterocycles. The van der Waals surface area contributed by atoms with Crippen molar-refractivity contribution in [1.29, 1.82) is 0 Å². The van der Waals surface area contributed by atoms with Crippen LogP contribution in [0.25, 0.3) is 32.7 Å². The van der Waals surface area contributed by atoms with Gasteiger partial charge in [0.1, 0.15) is 21.2 Å². The summed E-state index contributed by atoms with van der Waals surface area (Å²) < 4.78 is 106. The SMILES string of the molecule is CCO[Si](CCCN=C([O-])Nc1c(N=Nc2ccc(-c3ccc(N=Nc4cc(S(=O)(=O)O)c5ccccc5c4NC([O-])=NCCC[Si](OCC)(OCC)OCC)cc3)cc2)cc(S(=O)(=O)O)c2ccccc12)(OCC)OCC.[Na+].[Na+]. The van der Waals surface area contributed by atoms with Gasteiger partial charge in [0.15, 0.2) is 0 Å². The van der Waals surface area contributed by atoms with E-state index < -0.39 is 59.7 Å². The van der Waals surface area contributed by atoms with E-state index in [0.717, 1.165) is 23.3 Å². The molecule has 0 amide bonds. The van der Waals surface area contributed by atoms with Crippen LogP contribution < -0.4 is 80.0 Å². The summed E-state index contributed by atoms with van der Waals surface area (Å²) in [7, 11) is -15.4. The van der Waals surface area contributed by atoms with Crippen molar-refractivity contribution in [2.75, 3.05) is 63.4 Å². The van der Waals surface area contributed by atoms with Crippen molar-refractivity contribution in [1.82, 2.24) is 0 Å². The standard InChI is InChI=1S/C52H66N8O14S2Si2.2Na/c1-7-69-77(70-8-2,71-9-3)33-17-31-53-51(61)55-49-43-21-15-13-19-41(43)47(75(63,64)65)35-45(49)59-57-39-27-23-37(24-28-39)38-25-29-40(30-26-38)58-60-46-36-48(76(66,67)68)42-20-14-16-22-44(42)50(46)56-52(62)54-32-18-34-78(72-10-4,73-11-5)74-12-6;;/h13-16,19-30,35-36H,7-12,17-18,31-34H2,1-6H3,(H2,53,55,61)(H2,54,56,62)(H,63,64,65)(H,66,67,68);;/q;2*+1/p-2. The number of amidine groups is 2. The van der Waals surface area contributed by atoms with Crippen LogP contribution in [0.15, 0.2) is 149 Å². The van der Waals surface area contributed by atoms with Crippen LogP contribution in [-0.2, 0) is 46.8 Å². The van der Waals surface area contributed by atoms with Crippen molar-refractivity contribution >= 4 is 106 Å². The molecule has 0 heterocycles. The number of rotatable bonds is 29. The molecule has 6 aromatic rings. The van der Waals surface area contributed by atoms with Crippen molar-refractivity contribution < 1.29 is 122 Å². The van der Waals surface area contributed by atoms with Crippen molar-refractivity contribution in [2.45, 2.75) is 76.3 Å². The first-order valence-electron chi connectivity index (χ1n) is 25.3. The van der Waals surface area contributed by atoms with E-state index in [4.69, 9.17) is 26.6 Å². The second-order valence-electron chi connectivity index (χ2n) is 16.9. The molecule has 80 heavy (non-hydrogen) atoms. The van der Waals surface area contributed by atoms with Gasteiger partial charge in [-0.15, -0.1) is 10.2 Å². The number of fused-ring (bicyclic) bond motifs is 2. The van der Waals surface area contributed by atoms with Gasteiger partial charge in [-0.1, -0.05) is 72.8 Å². The Morgan fingerprint density at radius 2 is 0.775 bits per heavy atom. The van der Waals surface area contributed by atoms with Crippen molar-refractivity contribution in [3.05, 3.63) is 109 Å². The van der Waals surface area contributed by atoms with Crippen LogP contribution in [0.1, 0.15) is 54.4 Å². The molecule has 0 aliphatic heterocycles. The second kappa shape index (κ2) is 32.4. The fourth-order valence-corrected chi connectivity index (χ4v) is 15.0. The Morgan fingerprint density at radius 3 is 1.06 bits per heavy atom. The average Bonchev–Trinajstić information content (AvgIpc) is 3.44. The number of hydrogen-bond donors (Lipinski definition) is 4. The molecule has 0 aliphatic rings. The van der Waals surface area contributed by atoms with E-state index in [-0.39, 0.29) is 116 Å². The quantitative estimate of drug-likeness (QED) is 0.0128. The van der Waals surface area contributed by atoms with Crippen molar-refractivity contribution in [3.8, 4) is 11.1 Å². The number of nitrogens with one attached hydrogen (secondary N) is 2. The minimum atomic E-state index is -4.76. The smallest absolute Gasteiger partial charge is 0.846 e. The third-order valence-electron chi connectivity index (χ3n) is 11.6. The molecule has 0 radical (unpaired) electrons. The molecular weight excluding hydrogens is 1130 g/mol.